The minimum absolute atomic E-state index is 1.06. The summed E-state index contributed by atoms with van der Waals surface area (Å²) in [6.07, 6.45) is 5.48. The molecular formula is C7H15N3O3. The maximum Gasteiger partial charge on any atom is 0.291 e. The molecule has 1 N–H and O–H groups in total. The molecule has 0 spiro atoms. The van der Waals surface area contributed by atoms with Crippen LogP contribution in [0, 0.1) is 10.1 Å². The van der Waals surface area contributed by atoms with Gasteiger partial charge in [-0.2, -0.15) is 0 Å². The molecule has 6 nitrogen and oxygen atoms in total. The van der Waals surface area contributed by atoms with Gasteiger partial charge >= 0.3 is 0 Å². The second kappa shape index (κ2) is 6.10. The molecule has 0 unspecified atom stereocenters. The molecule has 0 saturated heterocycles. The molecule has 0 saturated carbocycles. The van der Waals surface area contributed by atoms with Crippen LogP contribution in [0.3, 0.4) is 0 Å². The second-order valence-corrected chi connectivity index (χ2v) is 2.75. The van der Waals surface area contributed by atoms with E-state index in [0.29, 0.717) is 0 Å². The van der Waals surface area contributed by atoms with E-state index in [1.54, 1.807) is 0 Å². The molecule has 0 aliphatic carbocycles. The Kier molecular flexibility index (Phi) is 5.42. The van der Waals surface area contributed by atoms with E-state index in [9.17, 15) is 0 Å². The normalized spacial score (nSPS) is 14.0. The van der Waals surface area contributed by atoms with E-state index in [-0.39, 0.29) is 0 Å². The van der Waals surface area contributed by atoms with Crippen LogP contribution in [-0.2, 0) is 0 Å². The first kappa shape index (κ1) is 11.5. The van der Waals surface area contributed by atoms with E-state index < -0.39 is 5.09 Å². The van der Waals surface area contributed by atoms with Gasteiger partial charge in [0.25, 0.3) is 5.09 Å². The van der Waals surface area contributed by atoms with E-state index in [2.05, 4.69) is 36.2 Å². The summed E-state index contributed by atoms with van der Waals surface area (Å²) in [7, 11) is 2.09. The molecule has 6 heteroatoms. The molecule has 0 aromatic carbocycles. The van der Waals surface area contributed by atoms with Crippen LogP contribution in [0.1, 0.15) is 13.3 Å². The maximum absolute atomic E-state index is 8.36. The van der Waals surface area contributed by atoms with Crippen molar-refractivity contribution < 1.29 is 10.3 Å². The van der Waals surface area contributed by atoms with Crippen molar-refractivity contribution in [2.24, 2.45) is 0 Å². The molecule has 0 amide bonds. The Morgan fingerprint density at radius 3 is 2.46 bits per heavy atom. The minimum atomic E-state index is -1.50. The molecule has 1 aliphatic rings. The van der Waals surface area contributed by atoms with Gasteiger partial charge in [0.15, 0.2) is 0 Å². The second-order valence-electron chi connectivity index (χ2n) is 2.75. The molecule has 0 radical (unpaired) electrons. The third-order valence-electron chi connectivity index (χ3n) is 1.45. The molecular weight excluding hydrogens is 174 g/mol. The predicted molar refractivity (Wildman–Crippen MR) is 47.5 cm³/mol. The zero-order valence-corrected chi connectivity index (χ0v) is 7.88. The SMILES string of the molecule is CCCN1C=CN(C)C1.O=[N+]([O-])O. The van der Waals surface area contributed by atoms with Gasteiger partial charge in [-0.25, -0.2) is 0 Å². The average Bonchev–Trinajstić information content (AvgIpc) is 2.35. The van der Waals surface area contributed by atoms with Gasteiger partial charge < -0.3 is 15.0 Å². The summed E-state index contributed by atoms with van der Waals surface area (Å²) in [5, 5.41) is 13.6. The van der Waals surface area contributed by atoms with Gasteiger partial charge in [-0.05, 0) is 6.42 Å². The van der Waals surface area contributed by atoms with E-state index in [1.807, 2.05) is 0 Å². The monoisotopic (exact) mass is 189 g/mol. The van der Waals surface area contributed by atoms with Crippen LogP contribution in [0.4, 0.5) is 0 Å². The lowest BCUT2D eigenvalue weighted by Crippen LogP contribution is -2.22. The maximum atomic E-state index is 8.36. The Bertz CT molecular complexity index is 180. The Morgan fingerprint density at radius 2 is 2.15 bits per heavy atom. The van der Waals surface area contributed by atoms with E-state index in [0.717, 1.165) is 6.67 Å². The number of hydrogen-bond donors (Lipinski definition) is 1. The van der Waals surface area contributed by atoms with Crippen LogP contribution in [0.25, 0.3) is 0 Å². The predicted octanol–water partition coefficient (Wildman–Crippen LogP) is 0.725. The molecule has 1 rings (SSSR count). The highest BCUT2D eigenvalue weighted by Gasteiger charge is 2.04. The van der Waals surface area contributed by atoms with Gasteiger partial charge in [0.2, 0.25) is 0 Å². The lowest BCUT2D eigenvalue weighted by Gasteiger charge is -2.16. The summed E-state index contributed by atoms with van der Waals surface area (Å²) in [5.41, 5.74) is 0. The first-order chi connectivity index (χ1) is 6.06. The summed E-state index contributed by atoms with van der Waals surface area (Å²) >= 11 is 0. The number of nitrogens with zero attached hydrogens (tertiary/aromatic N) is 3. The Hall–Kier alpha value is -1.46. The first-order valence-corrected chi connectivity index (χ1v) is 4.02. The molecule has 0 aromatic heterocycles. The van der Waals surface area contributed by atoms with Crippen molar-refractivity contribution >= 4 is 0 Å². The van der Waals surface area contributed by atoms with E-state index in [1.165, 1.54) is 13.0 Å². The van der Waals surface area contributed by atoms with Crippen molar-refractivity contribution in [3.8, 4) is 0 Å². The molecule has 0 fully saturated rings. The van der Waals surface area contributed by atoms with Crippen LogP contribution < -0.4 is 0 Å². The summed E-state index contributed by atoms with van der Waals surface area (Å²) in [6, 6.07) is 0. The van der Waals surface area contributed by atoms with Crippen LogP contribution in [0.2, 0.25) is 0 Å². The molecule has 0 atom stereocenters. The van der Waals surface area contributed by atoms with E-state index >= 15 is 0 Å². The average molecular weight is 189 g/mol. The zero-order valence-electron chi connectivity index (χ0n) is 7.88. The largest absolute Gasteiger partial charge is 0.362 e. The lowest BCUT2D eigenvalue weighted by atomic mass is 10.4. The number of hydrogen-bond acceptors (Lipinski definition) is 4. The van der Waals surface area contributed by atoms with Crippen molar-refractivity contribution in [2.75, 3.05) is 20.3 Å². The summed E-state index contributed by atoms with van der Waals surface area (Å²) in [6.45, 7) is 4.45. The summed E-state index contributed by atoms with van der Waals surface area (Å²) in [5.74, 6) is 0. The molecule has 76 valence electrons. The molecule has 0 aromatic rings. The standard InChI is InChI=1S/C7H14N2.HNO3/c1-3-4-9-6-5-8(2)7-9;2-1(3)4/h5-6H,3-4,7H2,1-2H3;(H,2,3,4). The third-order valence-corrected chi connectivity index (χ3v) is 1.45. The quantitative estimate of drug-likeness (QED) is 0.512. The van der Waals surface area contributed by atoms with Crippen molar-refractivity contribution in [3.63, 3.8) is 0 Å². The molecule has 0 bridgehead atoms. The molecule has 13 heavy (non-hydrogen) atoms. The van der Waals surface area contributed by atoms with Gasteiger partial charge in [0.05, 0.1) is 6.67 Å². The minimum Gasteiger partial charge on any atom is -0.362 e. The lowest BCUT2D eigenvalue weighted by molar-refractivity contribution is -0.742. The fraction of sp³-hybridized carbons (Fsp3) is 0.714. The summed E-state index contributed by atoms with van der Waals surface area (Å²) in [4.78, 5) is 12.8. The first-order valence-electron chi connectivity index (χ1n) is 4.02. The van der Waals surface area contributed by atoms with Crippen molar-refractivity contribution in [3.05, 3.63) is 22.5 Å². The fourth-order valence-corrected chi connectivity index (χ4v) is 1.02. The van der Waals surface area contributed by atoms with E-state index in [4.69, 9.17) is 15.3 Å². The van der Waals surface area contributed by atoms with Gasteiger partial charge in [0.1, 0.15) is 0 Å². The Morgan fingerprint density at radius 1 is 1.62 bits per heavy atom. The highest BCUT2D eigenvalue weighted by molar-refractivity contribution is 4.87. The van der Waals surface area contributed by atoms with Gasteiger partial charge in [0, 0.05) is 26.0 Å². The van der Waals surface area contributed by atoms with Crippen molar-refractivity contribution in [2.45, 2.75) is 13.3 Å². The fourth-order valence-electron chi connectivity index (χ4n) is 1.02. The summed E-state index contributed by atoms with van der Waals surface area (Å²) < 4.78 is 0. The topological polar surface area (TPSA) is 69.9 Å². The smallest absolute Gasteiger partial charge is 0.291 e. The van der Waals surface area contributed by atoms with Gasteiger partial charge in [-0.15, -0.1) is 10.1 Å². The Labute approximate surface area is 77.2 Å². The third kappa shape index (κ3) is 6.92. The van der Waals surface area contributed by atoms with Crippen LogP contribution in [0.5, 0.6) is 0 Å². The van der Waals surface area contributed by atoms with Crippen LogP contribution >= 0.6 is 0 Å². The number of rotatable bonds is 2. The van der Waals surface area contributed by atoms with Crippen LogP contribution in [-0.4, -0.2) is 40.4 Å². The van der Waals surface area contributed by atoms with Gasteiger partial charge in [-0.1, -0.05) is 6.92 Å². The molecule has 1 heterocycles. The highest BCUT2D eigenvalue weighted by atomic mass is 16.9. The van der Waals surface area contributed by atoms with Crippen molar-refractivity contribution in [1.29, 1.82) is 0 Å². The Balaban J connectivity index is 0.000000310. The zero-order chi connectivity index (χ0) is 10.3. The molecule has 1 aliphatic heterocycles. The van der Waals surface area contributed by atoms with Crippen molar-refractivity contribution in [1.82, 2.24) is 9.80 Å². The highest BCUT2D eigenvalue weighted by Crippen LogP contribution is 2.02. The van der Waals surface area contributed by atoms with Gasteiger partial charge in [-0.3, -0.25) is 0 Å². The van der Waals surface area contributed by atoms with Crippen LogP contribution in [0.15, 0.2) is 12.4 Å².